The van der Waals surface area contributed by atoms with Gasteiger partial charge in [0.2, 0.25) is 0 Å². The highest BCUT2D eigenvalue weighted by atomic mass is 16.5. The number of rotatable bonds is 20. The van der Waals surface area contributed by atoms with Gasteiger partial charge in [-0.1, -0.05) is 109 Å². The number of benzene rings is 1. The molecule has 0 saturated carbocycles. The molecule has 0 aliphatic carbocycles. The first kappa shape index (κ1) is 25.0. The Balaban J connectivity index is 1.75. The molecule has 3 heteroatoms. The van der Waals surface area contributed by atoms with E-state index in [1.54, 1.807) is 0 Å². The lowest BCUT2D eigenvalue weighted by Crippen LogP contribution is -2.23. The van der Waals surface area contributed by atoms with E-state index in [1.807, 2.05) is 30.3 Å². The van der Waals surface area contributed by atoms with Crippen molar-refractivity contribution in [1.82, 2.24) is 0 Å². The maximum Gasteiger partial charge on any atom is 0.119 e. The lowest BCUT2D eigenvalue weighted by atomic mass is 10.0. The van der Waals surface area contributed by atoms with Crippen molar-refractivity contribution in [3.8, 4) is 5.75 Å². The van der Waals surface area contributed by atoms with Crippen molar-refractivity contribution < 1.29 is 14.6 Å². The molecule has 0 saturated heterocycles. The van der Waals surface area contributed by atoms with Crippen molar-refractivity contribution in [2.24, 2.45) is 0 Å². The van der Waals surface area contributed by atoms with Gasteiger partial charge in [-0.25, -0.2) is 0 Å². The van der Waals surface area contributed by atoms with Gasteiger partial charge >= 0.3 is 0 Å². The molecule has 0 aliphatic heterocycles. The number of para-hydroxylation sites is 1. The van der Waals surface area contributed by atoms with Gasteiger partial charge < -0.3 is 14.6 Å². The Kier molecular flexibility index (Phi) is 17.2. The normalized spacial score (nSPS) is 12.2. The standard InChI is InChI=1S/C25H44O3/c1-2-3-4-5-6-7-8-9-10-11-12-13-14-18-21-27-22-24(26)23-28-25-19-16-15-17-20-25/h15-17,19-20,24,26H,2-14,18,21-23H2,1H3. The molecular weight excluding hydrogens is 348 g/mol. The molecule has 0 aliphatic rings. The highest BCUT2D eigenvalue weighted by Crippen LogP contribution is 2.13. The quantitative estimate of drug-likeness (QED) is 0.245. The van der Waals surface area contributed by atoms with Crippen LogP contribution < -0.4 is 4.74 Å². The van der Waals surface area contributed by atoms with Crippen molar-refractivity contribution in [3.63, 3.8) is 0 Å². The van der Waals surface area contributed by atoms with E-state index in [-0.39, 0.29) is 6.61 Å². The van der Waals surface area contributed by atoms with Crippen LogP contribution >= 0.6 is 0 Å². The summed E-state index contributed by atoms with van der Waals surface area (Å²) in [6.07, 6.45) is 18.5. The second-order valence-electron chi connectivity index (χ2n) is 7.95. The second-order valence-corrected chi connectivity index (χ2v) is 7.95. The molecule has 28 heavy (non-hydrogen) atoms. The van der Waals surface area contributed by atoms with Gasteiger partial charge in [0.1, 0.15) is 18.5 Å². The second kappa shape index (κ2) is 19.3. The molecule has 0 heterocycles. The highest BCUT2D eigenvalue weighted by molar-refractivity contribution is 5.20. The van der Waals surface area contributed by atoms with Gasteiger partial charge in [0, 0.05) is 6.61 Å². The third-order valence-corrected chi connectivity index (χ3v) is 5.14. The van der Waals surface area contributed by atoms with Crippen LogP contribution in [0, 0.1) is 0 Å². The molecule has 0 amide bonds. The van der Waals surface area contributed by atoms with Crippen molar-refractivity contribution >= 4 is 0 Å². The number of aliphatic hydroxyl groups excluding tert-OH is 1. The molecule has 0 spiro atoms. The molecule has 1 rings (SSSR count). The van der Waals surface area contributed by atoms with Gasteiger partial charge in [-0.2, -0.15) is 0 Å². The molecule has 3 nitrogen and oxygen atoms in total. The Hall–Kier alpha value is -1.06. The van der Waals surface area contributed by atoms with Crippen LogP contribution in [0.2, 0.25) is 0 Å². The zero-order chi connectivity index (χ0) is 20.1. The fourth-order valence-electron chi connectivity index (χ4n) is 3.38. The summed E-state index contributed by atoms with van der Waals surface area (Å²) >= 11 is 0. The largest absolute Gasteiger partial charge is 0.491 e. The van der Waals surface area contributed by atoms with Crippen molar-refractivity contribution in [1.29, 1.82) is 0 Å². The molecule has 162 valence electrons. The molecule has 1 N–H and O–H groups in total. The van der Waals surface area contributed by atoms with E-state index in [2.05, 4.69) is 6.92 Å². The first-order valence-corrected chi connectivity index (χ1v) is 11.8. The Morgan fingerprint density at radius 1 is 0.679 bits per heavy atom. The SMILES string of the molecule is CCCCCCCCCCCCCCCCOCC(O)COc1ccccc1. The average Bonchev–Trinajstić information content (AvgIpc) is 2.72. The maximum atomic E-state index is 9.88. The molecule has 0 bridgehead atoms. The van der Waals surface area contributed by atoms with Crippen LogP contribution in [-0.2, 0) is 4.74 Å². The van der Waals surface area contributed by atoms with E-state index in [1.165, 1.54) is 83.5 Å². The third kappa shape index (κ3) is 15.9. The number of aliphatic hydroxyl groups is 1. The fourth-order valence-corrected chi connectivity index (χ4v) is 3.38. The monoisotopic (exact) mass is 392 g/mol. The van der Waals surface area contributed by atoms with E-state index in [9.17, 15) is 5.11 Å². The Labute approximate surface area is 173 Å². The van der Waals surface area contributed by atoms with Crippen LogP contribution in [0.4, 0.5) is 0 Å². The molecular formula is C25H44O3. The van der Waals surface area contributed by atoms with Crippen LogP contribution in [0.5, 0.6) is 5.75 Å². The van der Waals surface area contributed by atoms with E-state index < -0.39 is 6.10 Å². The summed E-state index contributed by atoms with van der Waals surface area (Å²) in [5.74, 6) is 0.786. The van der Waals surface area contributed by atoms with Crippen LogP contribution in [0.1, 0.15) is 96.8 Å². The summed E-state index contributed by atoms with van der Waals surface area (Å²) in [7, 11) is 0. The number of hydrogen-bond donors (Lipinski definition) is 1. The Morgan fingerprint density at radius 2 is 1.18 bits per heavy atom. The van der Waals surface area contributed by atoms with Gasteiger partial charge in [-0.3, -0.25) is 0 Å². The molecule has 0 aromatic heterocycles. The van der Waals surface area contributed by atoms with Crippen LogP contribution in [0.3, 0.4) is 0 Å². The summed E-state index contributed by atoms with van der Waals surface area (Å²) in [5.41, 5.74) is 0. The zero-order valence-corrected chi connectivity index (χ0v) is 18.2. The number of ether oxygens (including phenoxy) is 2. The lowest BCUT2D eigenvalue weighted by Gasteiger charge is -2.12. The summed E-state index contributed by atoms with van der Waals surface area (Å²) in [5, 5.41) is 9.88. The van der Waals surface area contributed by atoms with Crippen LogP contribution in [0.25, 0.3) is 0 Å². The van der Waals surface area contributed by atoms with Gasteiger partial charge in [0.25, 0.3) is 0 Å². The van der Waals surface area contributed by atoms with Crippen molar-refractivity contribution in [2.75, 3.05) is 19.8 Å². The zero-order valence-electron chi connectivity index (χ0n) is 18.2. The van der Waals surface area contributed by atoms with Crippen LogP contribution in [-0.4, -0.2) is 31.0 Å². The number of hydrogen-bond acceptors (Lipinski definition) is 3. The van der Waals surface area contributed by atoms with Crippen LogP contribution in [0.15, 0.2) is 30.3 Å². The van der Waals surface area contributed by atoms with Gasteiger partial charge in [0.15, 0.2) is 0 Å². The fraction of sp³-hybridized carbons (Fsp3) is 0.760. The maximum absolute atomic E-state index is 9.88. The minimum absolute atomic E-state index is 0.281. The molecule has 0 fully saturated rings. The molecule has 1 aromatic rings. The Morgan fingerprint density at radius 3 is 1.71 bits per heavy atom. The minimum Gasteiger partial charge on any atom is -0.491 e. The average molecular weight is 393 g/mol. The predicted molar refractivity (Wildman–Crippen MR) is 119 cm³/mol. The summed E-state index contributed by atoms with van der Waals surface area (Å²) in [6.45, 7) is 3.65. The van der Waals surface area contributed by atoms with E-state index >= 15 is 0 Å². The van der Waals surface area contributed by atoms with Crippen molar-refractivity contribution in [2.45, 2.75) is 103 Å². The van der Waals surface area contributed by atoms with E-state index in [4.69, 9.17) is 9.47 Å². The minimum atomic E-state index is -0.563. The summed E-state index contributed by atoms with van der Waals surface area (Å²) in [4.78, 5) is 0. The third-order valence-electron chi connectivity index (χ3n) is 5.14. The summed E-state index contributed by atoms with van der Waals surface area (Å²) in [6, 6.07) is 9.58. The van der Waals surface area contributed by atoms with E-state index in [0.717, 1.165) is 18.8 Å². The first-order valence-electron chi connectivity index (χ1n) is 11.8. The molecule has 1 atom stereocenters. The predicted octanol–water partition coefficient (Wildman–Crippen LogP) is 6.92. The van der Waals surface area contributed by atoms with Gasteiger partial charge in [0.05, 0.1) is 6.61 Å². The molecule has 1 aromatic carbocycles. The van der Waals surface area contributed by atoms with Crippen molar-refractivity contribution in [3.05, 3.63) is 30.3 Å². The van der Waals surface area contributed by atoms with Gasteiger partial charge in [-0.15, -0.1) is 0 Å². The summed E-state index contributed by atoms with van der Waals surface area (Å²) < 4.78 is 11.1. The Bertz CT molecular complexity index is 421. The lowest BCUT2D eigenvalue weighted by molar-refractivity contribution is 0.0110. The first-order chi connectivity index (χ1) is 13.8. The smallest absolute Gasteiger partial charge is 0.119 e. The molecule has 1 unspecified atom stereocenters. The number of unbranched alkanes of at least 4 members (excludes halogenated alkanes) is 13. The topological polar surface area (TPSA) is 38.7 Å². The highest BCUT2D eigenvalue weighted by Gasteiger charge is 2.05. The molecule has 0 radical (unpaired) electrons. The van der Waals surface area contributed by atoms with Gasteiger partial charge in [-0.05, 0) is 18.6 Å². The van der Waals surface area contributed by atoms with E-state index in [0.29, 0.717) is 6.61 Å².